The topological polar surface area (TPSA) is 126 Å². The van der Waals surface area contributed by atoms with Crippen molar-refractivity contribution in [2.75, 3.05) is 26.8 Å². The minimum atomic E-state index is -0.663. The van der Waals surface area contributed by atoms with Gasteiger partial charge in [-0.1, -0.05) is 60.7 Å². The van der Waals surface area contributed by atoms with Crippen LogP contribution in [0.25, 0.3) is 0 Å². The summed E-state index contributed by atoms with van der Waals surface area (Å²) in [7, 11) is 1.70. The van der Waals surface area contributed by atoms with E-state index in [0.717, 1.165) is 18.4 Å². The molecule has 2 atom stereocenters. The first kappa shape index (κ1) is 28.0. The number of alkyl carbamates (subject to hydrolysis) is 1. The molecule has 35 heavy (non-hydrogen) atoms. The number of likely N-dealkylation sites (tertiary alicyclic amines) is 1. The van der Waals surface area contributed by atoms with Crippen molar-refractivity contribution in [1.29, 1.82) is 0 Å². The van der Waals surface area contributed by atoms with Gasteiger partial charge < -0.3 is 25.2 Å². The number of nitrogens with zero attached hydrogens (tertiary/aromatic N) is 2. The van der Waals surface area contributed by atoms with Crippen molar-refractivity contribution in [3.8, 4) is 0 Å². The largest absolute Gasteiger partial charge is 0.444 e. The number of nitrogens with two attached hydrogens (primary N) is 1. The number of hydrogen-bond acceptors (Lipinski definition) is 6. The second-order valence-corrected chi connectivity index (χ2v) is 8.30. The molecule has 1 fully saturated rings. The number of carbonyl (C=O) groups is 2. The molecule has 4 N–H and O–H groups in total. The van der Waals surface area contributed by atoms with Crippen molar-refractivity contribution in [3.63, 3.8) is 0 Å². The van der Waals surface area contributed by atoms with Crippen molar-refractivity contribution in [1.82, 2.24) is 10.2 Å². The van der Waals surface area contributed by atoms with Crippen LogP contribution in [-0.2, 0) is 27.5 Å². The smallest absolute Gasteiger partial charge is 0.414 e. The number of piperidine rings is 1. The summed E-state index contributed by atoms with van der Waals surface area (Å²) < 4.78 is 10.1. The average Bonchev–Trinajstić information content (AvgIpc) is 2.89. The Kier molecular flexibility index (Phi) is 13.1. The van der Waals surface area contributed by atoms with Crippen LogP contribution in [0.15, 0.2) is 65.7 Å². The lowest BCUT2D eigenvalue weighted by molar-refractivity contribution is -0.106. The molecular weight excluding hydrogens is 448 g/mol. The van der Waals surface area contributed by atoms with Gasteiger partial charge in [-0.2, -0.15) is 4.99 Å². The lowest BCUT2D eigenvalue weighted by atomic mass is 9.92. The number of aliphatic imine (C=N–C) groups is 1. The second-order valence-electron chi connectivity index (χ2n) is 8.30. The monoisotopic (exact) mass is 484 g/mol. The van der Waals surface area contributed by atoms with E-state index in [1.165, 1.54) is 5.56 Å². The predicted octanol–water partition coefficient (Wildman–Crippen LogP) is 2.68. The van der Waals surface area contributed by atoms with Gasteiger partial charge in [-0.15, -0.1) is 0 Å². The third-order valence-corrected chi connectivity index (χ3v) is 5.44. The summed E-state index contributed by atoms with van der Waals surface area (Å²) >= 11 is 0. The van der Waals surface area contributed by atoms with Crippen LogP contribution in [0.2, 0.25) is 0 Å². The van der Waals surface area contributed by atoms with Crippen LogP contribution in [-0.4, -0.2) is 61.3 Å². The molecule has 2 aromatic rings. The minimum Gasteiger partial charge on any atom is -0.444 e. The first-order valence-corrected chi connectivity index (χ1v) is 11.7. The molecule has 2 amide bonds. The molecule has 0 radical (unpaired) electrons. The zero-order chi connectivity index (χ0) is 25.3. The number of hydrogen-bond donors (Lipinski definition) is 3. The third kappa shape index (κ3) is 11.1. The number of methoxy groups -OCH3 is 1. The van der Waals surface area contributed by atoms with E-state index in [-0.39, 0.29) is 31.1 Å². The zero-order valence-corrected chi connectivity index (χ0v) is 20.2. The molecule has 9 nitrogen and oxygen atoms in total. The van der Waals surface area contributed by atoms with E-state index in [4.69, 9.17) is 20.3 Å². The average molecular weight is 485 g/mol. The van der Waals surface area contributed by atoms with Crippen LogP contribution in [0.4, 0.5) is 4.79 Å². The summed E-state index contributed by atoms with van der Waals surface area (Å²) in [5.41, 5.74) is 7.91. The van der Waals surface area contributed by atoms with Crippen LogP contribution in [0, 0.1) is 5.92 Å². The van der Waals surface area contributed by atoms with Crippen molar-refractivity contribution >= 4 is 18.5 Å². The highest BCUT2D eigenvalue weighted by Crippen LogP contribution is 2.20. The number of ether oxygens (including phenoxy) is 2. The maximum Gasteiger partial charge on any atom is 0.414 e. The molecule has 1 aliphatic heterocycles. The fourth-order valence-electron chi connectivity index (χ4n) is 3.79. The molecule has 0 bridgehead atoms. The second kappa shape index (κ2) is 16.4. The Hall–Kier alpha value is -3.27. The summed E-state index contributed by atoms with van der Waals surface area (Å²) in [6, 6.07) is 19.2. The maximum absolute atomic E-state index is 12.0. The number of amides is 2. The van der Waals surface area contributed by atoms with Gasteiger partial charge in [0.15, 0.2) is 0 Å². The summed E-state index contributed by atoms with van der Waals surface area (Å²) in [5.74, 6) is 0.449. The van der Waals surface area contributed by atoms with Gasteiger partial charge in [-0.05, 0) is 36.3 Å². The molecule has 1 aliphatic rings. The van der Waals surface area contributed by atoms with E-state index in [1.54, 1.807) is 7.11 Å². The number of guanidine groups is 1. The Bertz CT molecular complexity index is 895. The molecule has 1 unspecified atom stereocenters. The number of rotatable bonds is 8. The highest BCUT2D eigenvalue weighted by molar-refractivity contribution is 5.96. The summed E-state index contributed by atoms with van der Waals surface area (Å²) in [4.78, 5) is 28.5. The fraction of sp³-hybridized carbons (Fsp3) is 0.423. The molecule has 0 saturated carbocycles. The summed E-state index contributed by atoms with van der Waals surface area (Å²) in [5, 5.41) is 11.7. The van der Waals surface area contributed by atoms with Gasteiger partial charge in [-0.25, -0.2) is 4.79 Å². The van der Waals surface area contributed by atoms with Crippen LogP contribution in [0.5, 0.6) is 0 Å². The number of benzene rings is 2. The van der Waals surface area contributed by atoms with Gasteiger partial charge in [0.05, 0.1) is 13.2 Å². The molecule has 1 saturated heterocycles. The number of nitrogens with one attached hydrogen (secondary N) is 1. The highest BCUT2D eigenvalue weighted by Gasteiger charge is 2.25. The Morgan fingerprint density at radius 1 is 1.17 bits per heavy atom. The molecule has 0 aromatic heterocycles. The molecule has 3 rings (SSSR count). The molecule has 1 heterocycles. The molecule has 0 spiro atoms. The lowest BCUT2D eigenvalue weighted by Crippen LogP contribution is -2.49. The molecule has 9 heteroatoms. The first-order valence-electron chi connectivity index (χ1n) is 11.7. The minimum absolute atomic E-state index is 0.0597. The third-order valence-electron chi connectivity index (χ3n) is 5.44. The van der Waals surface area contributed by atoms with E-state index in [1.807, 2.05) is 65.6 Å². The van der Waals surface area contributed by atoms with Crippen molar-refractivity contribution in [3.05, 3.63) is 71.8 Å². The van der Waals surface area contributed by atoms with Gasteiger partial charge in [-0.3, -0.25) is 10.1 Å². The summed E-state index contributed by atoms with van der Waals surface area (Å²) in [6.45, 7) is 2.07. The maximum atomic E-state index is 12.0. The van der Waals surface area contributed by atoms with Crippen LogP contribution >= 0.6 is 0 Å². The van der Waals surface area contributed by atoms with Gasteiger partial charge in [0, 0.05) is 26.2 Å². The highest BCUT2D eigenvalue weighted by atomic mass is 16.5. The first-order chi connectivity index (χ1) is 17.0. The normalized spacial score (nSPS) is 16.5. The standard InChI is InChI=1S/C18H26N4O4.C8H10O/c19-16(11-23)9-15-7-4-8-22(10-15)17(20-13-24)21-18(25)26-12-14-5-2-1-3-6-14;1-9-7-8-5-3-2-4-6-8/h1-3,5-6,13,15-16,23H,4,7-12,19H2,(H,20,21,24,25);2-6H,7H2,1H3/t15?,16-;/m0./s1. The Labute approximate surface area is 206 Å². The molecule has 190 valence electrons. The van der Waals surface area contributed by atoms with Crippen LogP contribution in [0.1, 0.15) is 30.4 Å². The Morgan fingerprint density at radius 2 is 1.80 bits per heavy atom. The van der Waals surface area contributed by atoms with Crippen molar-refractivity contribution < 1.29 is 24.2 Å². The quantitative estimate of drug-likeness (QED) is 0.299. The van der Waals surface area contributed by atoms with E-state index >= 15 is 0 Å². The number of carbonyl (C=O) groups excluding carboxylic acids is 2. The lowest BCUT2D eigenvalue weighted by Gasteiger charge is -2.35. The predicted molar refractivity (Wildman–Crippen MR) is 134 cm³/mol. The fourth-order valence-corrected chi connectivity index (χ4v) is 3.79. The van der Waals surface area contributed by atoms with E-state index < -0.39 is 6.09 Å². The van der Waals surface area contributed by atoms with Gasteiger partial charge >= 0.3 is 6.09 Å². The van der Waals surface area contributed by atoms with Gasteiger partial charge in [0.25, 0.3) is 0 Å². The molecular formula is C26H36N4O5. The molecule has 2 aromatic carbocycles. The van der Waals surface area contributed by atoms with Crippen molar-refractivity contribution in [2.24, 2.45) is 16.6 Å². The number of aliphatic hydroxyl groups excluding tert-OH is 1. The van der Waals surface area contributed by atoms with E-state index in [0.29, 0.717) is 32.5 Å². The van der Waals surface area contributed by atoms with Crippen LogP contribution < -0.4 is 11.1 Å². The Morgan fingerprint density at radius 3 is 2.37 bits per heavy atom. The van der Waals surface area contributed by atoms with Crippen LogP contribution in [0.3, 0.4) is 0 Å². The van der Waals surface area contributed by atoms with Gasteiger partial charge in [0.1, 0.15) is 6.61 Å². The van der Waals surface area contributed by atoms with Gasteiger partial charge in [0.2, 0.25) is 12.4 Å². The Balaban J connectivity index is 0.000000402. The van der Waals surface area contributed by atoms with E-state index in [2.05, 4.69) is 10.3 Å². The summed E-state index contributed by atoms with van der Waals surface area (Å²) in [6.07, 6.45) is 2.29. The zero-order valence-electron chi connectivity index (χ0n) is 20.2. The SMILES string of the molecule is COCc1ccccc1.N[C@H](CO)CC1CCCN(C(=NC=O)NC(=O)OCc2ccccc2)C1. The van der Waals surface area contributed by atoms with E-state index in [9.17, 15) is 9.59 Å². The van der Waals surface area contributed by atoms with Crippen molar-refractivity contribution in [2.45, 2.75) is 38.5 Å². The number of aliphatic hydroxyl groups is 1. The molecule has 0 aliphatic carbocycles.